The van der Waals surface area contributed by atoms with Crippen LogP contribution in [0.1, 0.15) is 46.5 Å². The van der Waals surface area contributed by atoms with Crippen LogP contribution in [0.3, 0.4) is 0 Å². The molecule has 2 heterocycles. The van der Waals surface area contributed by atoms with Crippen LogP contribution < -0.4 is 10.6 Å². The van der Waals surface area contributed by atoms with Gasteiger partial charge in [-0.3, -0.25) is 9.79 Å². The van der Waals surface area contributed by atoms with Gasteiger partial charge in [-0.2, -0.15) is 0 Å². The van der Waals surface area contributed by atoms with E-state index in [4.69, 9.17) is 9.73 Å². The van der Waals surface area contributed by atoms with Crippen LogP contribution in [0.15, 0.2) is 4.99 Å². The average molecular weight is 336 g/mol. The van der Waals surface area contributed by atoms with Gasteiger partial charge in [0, 0.05) is 56.6 Å². The van der Waals surface area contributed by atoms with Crippen molar-refractivity contribution >= 4 is 11.9 Å². The van der Waals surface area contributed by atoms with Crippen LogP contribution in [0.2, 0.25) is 0 Å². The first-order valence-electron chi connectivity index (χ1n) is 9.48. The van der Waals surface area contributed by atoms with Gasteiger partial charge in [0.05, 0.1) is 6.10 Å². The maximum Gasteiger partial charge on any atom is 0.222 e. The van der Waals surface area contributed by atoms with Crippen molar-refractivity contribution < 1.29 is 9.53 Å². The fourth-order valence-electron chi connectivity index (χ4n) is 4.48. The molecule has 6 heteroatoms. The third-order valence-corrected chi connectivity index (χ3v) is 5.76. The van der Waals surface area contributed by atoms with E-state index in [9.17, 15) is 4.79 Å². The van der Waals surface area contributed by atoms with Crippen molar-refractivity contribution in [1.29, 1.82) is 0 Å². The summed E-state index contributed by atoms with van der Waals surface area (Å²) in [5.41, 5.74) is 0.152. The summed E-state index contributed by atoms with van der Waals surface area (Å²) in [6.07, 6.45) is 4.18. The fraction of sp³-hybridized carbons (Fsp3) is 0.889. The Balaban J connectivity index is 1.49. The van der Waals surface area contributed by atoms with Gasteiger partial charge in [-0.15, -0.1) is 0 Å². The van der Waals surface area contributed by atoms with Gasteiger partial charge < -0.3 is 20.3 Å². The normalized spacial score (nSPS) is 31.8. The van der Waals surface area contributed by atoms with Crippen molar-refractivity contribution in [3.63, 3.8) is 0 Å². The first-order valence-corrected chi connectivity index (χ1v) is 9.48. The first-order chi connectivity index (χ1) is 11.5. The molecule has 24 heavy (non-hydrogen) atoms. The largest absolute Gasteiger partial charge is 0.377 e. The Hall–Kier alpha value is -1.30. The monoisotopic (exact) mass is 336 g/mol. The molecule has 1 aliphatic carbocycles. The standard InChI is InChI=1S/C18H32N4O2/c1-4-19-17(20-9-6-11-22-10-5-7-14(22)23)21-15-13-8-12-24-16(13)18(15,2)3/h13,15-16H,4-12H2,1-3H3,(H2,19,20,21). The molecule has 0 aromatic rings. The third-order valence-electron chi connectivity index (χ3n) is 5.76. The minimum Gasteiger partial charge on any atom is -0.377 e. The van der Waals surface area contributed by atoms with Gasteiger partial charge >= 0.3 is 0 Å². The van der Waals surface area contributed by atoms with E-state index >= 15 is 0 Å². The molecular formula is C18H32N4O2. The van der Waals surface area contributed by atoms with Crippen LogP contribution in [-0.2, 0) is 9.53 Å². The van der Waals surface area contributed by atoms with Crippen LogP contribution in [0.25, 0.3) is 0 Å². The summed E-state index contributed by atoms with van der Waals surface area (Å²) in [6.45, 7) is 10.9. The number of fused-ring (bicyclic) bond motifs is 1. The fourth-order valence-corrected chi connectivity index (χ4v) is 4.48. The second kappa shape index (κ2) is 7.30. The highest BCUT2D eigenvalue weighted by Gasteiger charge is 2.59. The lowest BCUT2D eigenvalue weighted by Gasteiger charge is -2.54. The smallest absolute Gasteiger partial charge is 0.222 e. The Labute approximate surface area is 145 Å². The predicted octanol–water partition coefficient (Wildman–Crippen LogP) is 1.37. The molecule has 3 atom stereocenters. The number of likely N-dealkylation sites (tertiary alicyclic amines) is 1. The number of ether oxygens (including phenoxy) is 1. The van der Waals surface area contributed by atoms with E-state index in [1.165, 1.54) is 0 Å². The quantitative estimate of drug-likeness (QED) is 0.437. The number of aliphatic imine (C=N–C) groups is 1. The Kier molecular flexibility index (Phi) is 5.33. The number of carbonyl (C=O) groups is 1. The van der Waals surface area contributed by atoms with Crippen LogP contribution >= 0.6 is 0 Å². The lowest BCUT2D eigenvalue weighted by molar-refractivity contribution is -0.127. The molecule has 3 rings (SSSR count). The molecule has 1 saturated carbocycles. The molecule has 1 amide bonds. The highest BCUT2D eigenvalue weighted by molar-refractivity contribution is 5.80. The van der Waals surface area contributed by atoms with E-state index in [-0.39, 0.29) is 5.41 Å². The van der Waals surface area contributed by atoms with Gasteiger partial charge in [0.2, 0.25) is 5.91 Å². The molecule has 2 saturated heterocycles. The van der Waals surface area contributed by atoms with E-state index in [1.54, 1.807) is 0 Å². The van der Waals surface area contributed by atoms with Crippen molar-refractivity contribution in [3.05, 3.63) is 0 Å². The number of guanidine groups is 1. The van der Waals surface area contributed by atoms with Gasteiger partial charge in [-0.1, -0.05) is 13.8 Å². The van der Waals surface area contributed by atoms with Gasteiger partial charge in [-0.05, 0) is 26.2 Å². The number of amides is 1. The number of nitrogens with one attached hydrogen (secondary N) is 2. The van der Waals surface area contributed by atoms with E-state index in [0.29, 0.717) is 24.0 Å². The molecule has 2 aliphatic heterocycles. The summed E-state index contributed by atoms with van der Waals surface area (Å²) in [5.74, 6) is 1.80. The zero-order chi connectivity index (χ0) is 17.2. The topological polar surface area (TPSA) is 66.0 Å². The number of hydrogen-bond acceptors (Lipinski definition) is 3. The molecule has 6 nitrogen and oxygen atoms in total. The molecule has 0 spiro atoms. The Bertz CT molecular complexity index is 491. The first kappa shape index (κ1) is 17.5. The van der Waals surface area contributed by atoms with Crippen molar-refractivity contribution in [3.8, 4) is 0 Å². The average Bonchev–Trinajstić information content (AvgIpc) is 3.16. The Morgan fingerprint density at radius 1 is 1.46 bits per heavy atom. The second-order valence-corrected chi connectivity index (χ2v) is 7.79. The van der Waals surface area contributed by atoms with E-state index < -0.39 is 0 Å². The molecule has 0 radical (unpaired) electrons. The summed E-state index contributed by atoms with van der Waals surface area (Å²) in [4.78, 5) is 18.3. The summed E-state index contributed by atoms with van der Waals surface area (Å²) < 4.78 is 5.87. The summed E-state index contributed by atoms with van der Waals surface area (Å²) in [7, 11) is 0. The van der Waals surface area contributed by atoms with E-state index in [2.05, 4.69) is 31.4 Å². The zero-order valence-corrected chi connectivity index (χ0v) is 15.3. The van der Waals surface area contributed by atoms with Crippen LogP contribution in [0.5, 0.6) is 0 Å². The lowest BCUT2D eigenvalue weighted by atomic mass is 9.57. The van der Waals surface area contributed by atoms with E-state index in [1.807, 2.05) is 4.90 Å². The SMILES string of the molecule is CCNC(=NCCCN1CCCC1=O)NC1C2CCOC2C1(C)C. The molecule has 3 fully saturated rings. The molecule has 0 bridgehead atoms. The molecule has 0 aromatic heterocycles. The summed E-state index contributed by atoms with van der Waals surface area (Å²) in [6, 6.07) is 0.419. The molecular weight excluding hydrogens is 304 g/mol. The van der Waals surface area contributed by atoms with Crippen molar-refractivity contribution in [1.82, 2.24) is 15.5 Å². The van der Waals surface area contributed by atoms with Crippen molar-refractivity contribution in [2.75, 3.05) is 32.8 Å². The number of carbonyl (C=O) groups excluding carboxylic acids is 1. The van der Waals surface area contributed by atoms with Crippen LogP contribution in [0, 0.1) is 11.3 Å². The highest BCUT2D eigenvalue weighted by atomic mass is 16.5. The van der Waals surface area contributed by atoms with Crippen molar-refractivity contribution in [2.24, 2.45) is 16.3 Å². The molecule has 136 valence electrons. The maximum atomic E-state index is 11.6. The third kappa shape index (κ3) is 3.39. The minimum absolute atomic E-state index is 0.152. The van der Waals surface area contributed by atoms with Gasteiger partial charge in [-0.25, -0.2) is 0 Å². The highest BCUT2D eigenvalue weighted by Crippen LogP contribution is 2.52. The maximum absolute atomic E-state index is 11.6. The molecule has 3 unspecified atom stereocenters. The Morgan fingerprint density at radius 3 is 3.00 bits per heavy atom. The number of nitrogens with zero attached hydrogens (tertiary/aromatic N) is 2. The summed E-state index contributed by atoms with van der Waals surface area (Å²) in [5, 5.41) is 6.99. The van der Waals surface area contributed by atoms with E-state index in [0.717, 1.165) is 64.4 Å². The van der Waals surface area contributed by atoms with Gasteiger partial charge in [0.1, 0.15) is 0 Å². The van der Waals surface area contributed by atoms with Crippen molar-refractivity contribution in [2.45, 2.75) is 58.6 Å². The molecule has 3 aliphatic rings. The van der Waals surface area contributed by atoms with Crippen LogP contribution in [0.4, 0.5) is 0 Å². The number of rotatable bonds is 6. The zero-order valence-electron chi connectivity index (χ0n) is 15.3. The van der Waals surface area contributed by atoms with Gasteiger partial charge in [0.25, 0.3) is 0 Å². The Morgan fingerprint density at radius 2 is 2.29 bits per heavy atom. The van der Waals surface area contributed by atoms with Crippen LogP contribution in [-0.4, -0.2) is 61.7 Å². The minimum atomic E-state index is 0.152. The lowest BCUT2D eigenvalue weighted by Crippen LogP contribution is -2.68. The molecule has 0 aromatic carbocycles. The second-order valence-electron chi connectivity index (χ2n) is 7.79. The number of hydrogen-bond donors (Lipinski definition) is 2. The predicted molar refractivity (Wildman–Crippen MR) is 95.0 cm³/mol. The summed E-state index contributed by atoms with van der Waals surface area (Å²) >= 11 is 0. The van der Waals surface area contributed by atoms with Gasteiger partial charge in [0.15, 0.2) is 5.96 Å². The molecule has 2 N–H and O–H groups in total.